The lowest BCUT2D eigenvalue weighted by molar-refractivity contribution is -0.129. The molecule has 0 saturated heterocycles. The van der Waals surface area contributed by atoms with Crippen LogP contribution < -0.4 is 5.73 Å². The molecule has 20 heavy (non-hydrogen) atoms. The number of nitrogen functional groups attached to an aromatic ring is 1. The highest BCUT2D eigenvalue weighted by molar-refractivity contribution is 5.73. The number of anilines is 1. The molecular formula is C17H30N2O. The van der Waals surface area contributed by atoms with Crippen molar-refractivity contribution in [2.24, 2.45) is 5.41 Å². The van der Waals surface area contributed by atoms with E-state index in [0.717, 1.165) is 25.2 Å². The average molecular weight is 278 g/mol. The average Bonchev–Trinajstić information content (AvgIpc) is 2.25. The smallest absolute Gasteiger partial charge is 0.219 e. The van der Waals surface area contributed by atoms with Gasteiger partial charge in [0, 0.05) is 25.7 Å². The summed E-state index contributed by atoms with van der Waals surface area (Å²) >= 11 is 0. The minimum atomic E-state index is 0. The number of amides is 1. The van der Waals surface area contributed by atoms with Gasteiger partial charge in [-0.25, -0.2) is 0 Å². The molecule has 1 aliphatic heterocycles. The van der Waals surface area contributed by atoms with Crippen LogP contribution in [0, 0.1) is 5.41 Å². The predicted octanol–water partition coefficient (Wildman–Crippen LogP) is 3.86. The van der Waals surface area contributed by atoms with Crippen LogP contribution in [-0.2, 0) is 17.8 Å². The fourth-order valence-electron chi connectivity index (χ4n) is 1.84. The van der Waals surface area contributed by atoms with Crippen molar-refractivity contribution in [3.05, 3.63) is 29.3 Å². The van der Waals surface area contributed by atoms with Crippen LogP contribution in [0.5, 0.6) is 0 Å². The largest absolute Gasteiger partial charge is 0.399 e. The number of fused-ring (bicyclic) bond motifs is 1. The molecule has 0 unspecified atom stereocenters. The van der Waals surface area contributed by atoms with E-state index in [1.54, 1.807) is 6.92 Å². The van der Waals surface area contributed by atoms with E-state index in [2.05, 4.69) is 27.7 Å². The molecule has 1 heterocycles. The predicted molar refractivity (Wildman–Crippen MR) is 87.5 cm³/mol. The van der Waals surface area contributed by atoms with Crippen molar-refractivity contribution in [1.82, 2.24) is 4.90 Å². The molecule has 0 spiro atoms. The maximum atomic E-state index is 11.2. The Bertz CT molecular complexity index is 441. The van der Waals surface area contributed by atoms with Crippen molar-refractivity contribution in [3.8, 4) is 0 Å². The summed E-state index contributed by atoms with van der Waals surface area (Å²) in [6, 6.07) is 5.91. The lowest BCUT2D eigenvalue weighted by Gasteiger charge is -2.27. The molecule has 0 aliphatic carbocycles. The molecule has 0 aromatic heterocycles. The summed E-state index contributed by atoms with van der Waals surface area (Å²) in [6.45, 7) is 11.9. The van der Waals surface area contributed by atoms with Gasteiger partial charge < -0.3 is 10.6 Å². The maximum absolute atomic E-state index is 11.2. The Morgan fingerprint density at radius 1 is 1.20 bits per heavy atom. The summed E-state index contributed by atoms with van der Waals surface area (Å²) in [7, 11) is 0. The normalized spacial score (nSPS) is 13.6. The summed E-state index contributed by atoms with van der Waals surface area (Å²) in [4.78, 5) is 13.0. The Labute approximate surface area is 124 Å². The van der Waals surface area contributed by atoms with Gasteiger partial charge in [-0.05, 0) is 35.1 Å². The van der Waals surface area contributed by atoms with Crippen molar-refractivity contribution in [1.29, 1.82) is 0 Å². The van der Waals surface area contributed by atoms with E-state index in [9.17, 15) is 4.79 Å². The first kappa shape index (κ1) is 18.5. The summed E-state index contributed by atoms with van der Waals surface area (Å²) in [5.74, 6) is 0.146. The number of benzene rings is 1. The second kappa shape index (κ2) is 7.32. The maximum Gasteiger partial charge on any atom is 0.219 e. The number of carbonyl (C=O) groups excluding carboxylic acids is 1. The zero-order valence-corrected chi connectivity index (χ0v) is 12.8. The zero-order chi connectivity index (χ0) is 14.6. The van der Waals surface area contributed by atoms with Crippen LogP contribution in [0.15, 0.2) is 18.2 Å². The van der Waals surface area contributed by atoms with Crippen molar-refractivity contribution in [3.63, 3.8) is 0 Å². The van der Waals surface area contributed by atoms with Gasteiger partial charge in [0.15, 0.2) is 0 Å². The molecule has 114 valence electrons. The van der Waals surface area contributed by atoms with E-state index < -0.39 is 0 Å². The first-order valence-corrected chi connectivity index (χ1v) is 6.79. The molecule has 0 radical (unpaired) electrons. The van der Waals surface area contributed by atoms with E-state index in [1.165, 1.54) is 11.1 Å². The van der Waals surface area contributed by atoms with Gasteiger partial charge in [-0.3, -0.25) is 4.79 Å². The Balaban J connectivity index is 0.000000526. The third-order valence-electron chi connectivity index (χ3n) is 2.69. The van der Waals surface area contributed by atoms with E-state index in [1.807, 2.05) is 23.1 Å². The second-order valence-electron chi connectivity index (χ2n) is 6.72. The molecule has 0 atom stereocenters. The van der Waals surface area contributed by atoms with Gasteiger partial charge in [-0.1, -0.05) is 41.2 Å². The van der Waals surface area contributed by atoms with Crippen LogP contribution in [0.25, 0.3) is 0 Å². The van der Waals surface area contributed by atoms with E-state index in [-0.39, 0.29) is 13.3 Å². The first-order chi connectivity index (χ1) is 8.66. The van der Waals surface area contributed by atoms with E-state index in [4.69, 9.17) is 5.73 Å². The third-order valence-corrected chi connectivity index (χ3v) is 2.69. The molecule has 2 rings (SSSR count). The third kappa shape index (κ3) is 6.60. The van der Waals surface area contributed by atoms with Crippen molar-refractivity contribution < 1.29 is 4.79 Å². The molecule has 1 aliphatic rings. The Morgan fingerprint density at radius 2 is 1.75 bits per heavy atom. The number of nitrogens with two attached hydrogens (primary N) is 1. The second-order valence-corrected chi connectivity index (χ2v) is 6.72. The fourth-order valence-corrected chi connectivity index (χ4v) is 1.84. The first-order valence-electron chi connectivity index (χ1n) is 6.79. The van der Waals surface area contributed by atoms with Gasteiger partial charge >= 0.3 is 0 Å². The molecule has 1 aromatic rings. The minimum absolute atomic E-state index is 0. The molecule has 1 aromatic carbocycles. The number of hydrogen-bond donors (Lipinski definition) is 1. The number of carbonyl (C=O) groups is 1. The number of hydrogen-bond acceptors (Lipinski definition) is 2. The van der Waals surface area contributed by atoms with Gasteiger partial charge in [-0.15, -0.1) is 0 Å². The Morgan fingerprint density at radius 3 is 2.25 bits per heavy atom. The van der Waals surface area contributed by atoms with Gasteiger partial charge in [0.1, 0.15) is 0 Å². The molecule has 3 heteroatoms. The van der Waals surface area contributed by atoms with Crippen molar-refractivity contribution in [2.45, 2.75) is 55.0 Å². The Hall–Kier alpha value is -1.51. The van der Waals surface area contributed by atoms with Crippen molar-refractivity contribution in [2.75, 3.05) is 12.3 Å². The molecule has 1 amide bonds. The highest BCUT2D eigenvalue weighted by Crippen LogP contribution is 2.21. The van der Waals surface area contributed by atoms with Crippen LogP contribution in [0.1, 0.15) is 53.2 Å². The molecule has 0 bridgehead atoms. The van der Waals surface area contributed by atoms with Crippen molar-refractivity contribution >= 4 is 11.6 Å². The highest BCUT2D eigenvalue weighted by atomic mass is 16.2. The topological polar surface area (TPSA) is 46.3 Å². The monoisotopic (exact) mass is 278 g/mol. The molecule has 2 N–H and O–H groups in total. The quantitative estimate of drug-likeness (QED) is 0.732. The highest BCUT2D eigenvalue weighted by Gasteiger charge is 2.17. The van der Waals surface area contributed by atoms with Crippen LogP contribution in [0.3, 0.4) is 0 Å². The van der Waals surface area contributed by atoms with Crippen LogP contribution in [0.4, 0.5) is 5.69 Å². The summed E-state index contributed by atoms with van der Waals surface area (Å²) in [5, 5.41) is 0. The number of nitrogens with zero attached hydrogens (tertiary/aromatic N) is 1. The Kier molecular flexibility index (Phi) is 6.77. The molecule has 3 nitrogen and oxygen atoms in total. The lowest BCUT2D eigenvalue weighted by Crippen LogP contribution is -2.34. The van der Waals surface area contributed by atoms with E-state index >= 15 is 0 Å². The van der Waals surface area contributed by atoms with Gasteiger partial charge in [0.25, 0.3) is 0 Å². The molecular weight excluding hydrogens is 248 g/mol. The lowest BCUT2D eigenvalue weighted by atomic mass is 9.99. The van der Waals surface area contributed by atoms with Crippen LogP contribution in [-0.4, -0.2) is 17.4 Å². The standard InChI is InChI=1S/C11H14N2O.C5H12.CH4/c1-8(14)13-5-4-9-6-11(12)3-2-10(9)7-13;1-5(2,3)4;/h2-3,6H,4-5,7,12H2,1H3;1-4H3;1H4. The number of rotatable bonds is 0. The molecule has 0 saturated carbocycles. The fraction of sp³-hybridized carbons (Fsp3) is 0.588. The van der Waals surface area contributed by atoms with Gasteiger partial charge in [0.05, 0.1) is 0 Å². The van der Waals surface area contributed by atoms with Crippen LogP contribution in [0.2, 0.25) is 0 Å². The summed E-state index contributed by atoms with van der Waals surface area (Å²) in [5.41, 5.74) is 9.50. The van der Waals surface area contributed by atoms with Gasteiger partial charge in [0.2, 0.25) is 5.91 Å². The molecule has 0 fully saturated rings. The summed E-state index contributed by atoms with van der Waals surface area (Å²) < 4.78 is 0. The van der Waals surface area contributed by atoms with Crippen LogP contribution >= 0.6 is 0 Å². The van der Waals surface area contributed by atoms with Gasteiger partial charge in [-0.2, -0.15) is 0 Å². The summed E-state index contributed by atoms with van der Waals surface area (Å²) in [6.07, 6.45) is 0.917. The zero-order valence-electron chi connectivity index (χ0n) is 12.8. The SMILES string of the molecule is C.CC(=O)N1CCc2cc(N)ccc2C1.CC(C)(C)C. The minimum Gasteiger partial charge on any atom is -0.399 e. The van der Waals surface area contributed by atoms with E-state index in [0.29, 0.717) is 5.41 Å².